The van der Waals surface area contributed by atoms with Crippen molar-refractivity contribution in [2.75, 3.05) is 12.4 Å². The van der Waals surface area contributed by atoms with Crippen molar-refractivity contribution in [3.05, 3.63) is 53.7 Å². The van der Waals surface area contributed by atoms with Crippen LogP contribution in [0.15, 0.2) is 42.6 Å². The van der Waals surface area contributed by atoms with Gasteiger partial charge in [-0.1, -0.05) is 24.3 Å². The lowest BCUT2D eigenvalue weighted by Crippen LogP contribution is -2.31. The van der Waals surface area contributed by atoms with Crippen molar-refractivity contribution in [2.45, 2.75) is 19.9 Å². The molecular formula is C16H19N3OS. The molecule has 0 saturated carbocycles. The number of anilines is 1. The molecule has 2 rings (SSSR count). The number of nitrogens with zero attached hydrogens (tertiary/aromatic N) is 1. The van der Waals surface area contributed by atoms with Crippen molar-refractivity contribution in [1.29, 1.82) is 0 Å². The summed E-state index contributed by atoms with van der Waals surface area (Å²) in [7, 11) is 1.61. The normalized spacial score (nSPS) is 11.6. The van der Waals surface area contributed by atoms with Crippen LogP contribution in [-0.2, 0) is 0 Å². The molecule has 0 spiro atoms. The number of hydrogen-bond donors (Lipinski definition) is 2. The Morgan fingerprint density at radius 2 is 2.00 bits per heavy atom. The zero-order valence-corrected chi connectivity index (χ0v) is 13.2. The van der Waals surface area contributed by atoms with Gasteiger partial charge in [0.1, 0.15) is 0 Å². The lowest BCUT2D eigenvalue weighted by Gasteiger charge is -2.19. The molecule has 1 atom stereocenters. The fourth-order valence-electron chi connectivity index (χ4n) is 2.14. The summed E-state index contributed by atoms with van der Waals surface area (Å²) >= 11 is 5.35. The van der Waals surface area contributed by atoms with E-state index in [4.69, 9.17) is 17.0 Å². The third kappa shape index (κ3) is 3.92. The first kappa shape index (κ1) is 15.3. The molecule has 4 nitrogen and oxygen atoms in total. The maximum atomic E-state index is 5.35. The summed E-state index contributed by atoms with van der Waals surface area (Å²) in [5.41, 5.74) is 2.45. The van der Waals surface area contributed by atoms with Gasteiger partial charge < -0.3 is 15.4 Å². The standard InChI is InChI=1S/C16H19N3OS/c1-11-7-4-5-8-13(11)12(2)18-16(21)19-15-14(20-3)9-6-10-17-15/h4-10,12H,1-3H3,(H2,17,18,19,21)/t12-/m0/s1. The van der Waals surface area contributed by atoms with E-state index < -0.39 is 0 Å². The van der Waals surface area contributed by atoms with Gasteiger partial charge >= 0.3 is 0 Å². The molecule has 0 saturated heterocycles. The molecule has 1 aromatic carbocycles. The molecule has 1 heterocycles. The summed E-state index contributed by atoms with van der Waals surface area (Å²) in [4.78, 5) is 4.22. The van der Waals surface area contributed by atoms with Gasteiger partial charge in [0.2, 0.25) is 0 Å². The van der Waals surface area contributed by atoms with E-state index in [1.165, 1.54) is 11.1 Å². The van der Waals surface area contributed by atoms with Crippen LogP contribution in [0.2, 0.25) is 0 Å². The number of aryl methyl sites for hydroxylation is 1. The third-order valence-corrected chi connectivity index (χ3v) is 3.45. The molecule has 0 radical (unpaired) electrons. The number of hydrogen-bond acceptors (Lipinski definition) is 3. The molecule has 5 heteroatoms. The molecule has 2 N–H and O–H groups in total. The van der Waals surface area contributed by atoms with E-state index in [0.717, 1.165) is 0 Å². The smallest absolute Gasteiger partial charge is 0.174 e. The van der Waals surface area contributed by atoms with Gasteiger partial charge in [-0.05, 0) is 49.3 Å². The van der Waals surface area contributed by atoms with Crippen molar-refractivity contribution in [3.63, 3.8) is 0 Å². The van der Waals surface area contributed by atoms with Crippen molar-refractivity contribution in [3.8, 4) is 5.75 Å². The number of aromatic nitrogens is 1. The predicted molar refractivity (Wildman–Crippen MR) is 89.7 cm³/mol. The van der Waals surface area contributed by atoms with Crippen LogP contribution >= 0.6 is 12.2 Å². The summed E-state index contributed by atoms with van der Waals surface area (Å²) in [5, 5.41) is 6.84. The second-order valence-electron chi connectivity index (χ2n) is 4.73. The van der Waals surface area contributed by atoms with Gasteiger partial charge in [0, 0.05) is 6.20 Å². The summed E-state index contributed by atoms with van der Waals surface area (Å²) in [6.07, 6.45) is 1.69. The largest absolute Gasteiger partial charge is 0.493 e. The first-order chi connectivity index (χ1) is 10.1. The molecule has 0 aliphatic rings. The zero-order valence-electron chi connectivity index (χ0n) is 12.4. The van der Waals surface area contributed by atoms with E-state index in [-0.39, 0.29) is 6.04 Å². The van der Waals surface area contributed by atoms with Crippen LogP contribution in [0.1, 0.15) is 24.1 Å². The van der Waals surface area contributed by atoms with Crippen LogP contribution < -0.4 is 15.4 Å². The number of ether oxygens (including phenoxy) is 1. The number of pyridine rings is 1. The molecule has 0 bridgehead atoms. The van der Waals surface area contributed by atoms with Crippen LogP contribution in [0, 0.1) is 6.92 Å². The van der Waals surface area contributed by atoms with E-state index in [1.807, 2.05) is 24.3 Å². The Balaban J connectivity index is 2.03. The maximum absolute atomic E-state index is 5.35. The molecule has 0 aliphatic carbocycles. The highest BCUT2D eigenvalue weighted by atomic mass is 32.1. The minimum absolute atomic E-state index is 0.112. The first-order valence-corrected chi connectivity index (χ1v) is 7.14. The van der Waals surface area contributed by atoms with Gasteiger partial charge in [-0.3, -0.25) is 0 Å². The van der Waals surface area contributed by atoms with E-state index in [0.29, 0.717) is 16.7 Å². The van der Waals surface area contributed by atoms with E-state index >= 15 is 0 Å². The van der Waals surface area contributed by atoms with Crippen LogP contribution in [0.4, 0.5) is 5.82 Å². The molecular weight excluding hydrogens is 282 g/mol. The van der Waals surface area contributed by atoms with E-state index in [1.54, 1.807) is 13.3 Å². The lowest BCUT2D eigenvalue weighted by molar-refractivity contribution is 0.415. The van der Waals surface area contributed by atoms with Crippen LogP contribution in [0.3, 0.4) is 0 Å². The average molecular weight is 301 g/mol. The Hall–Kier alpha value is -2.14. The predicted octanol–water partition coefficient (Wildman–Crippen LogP) is 3.45. The molecule has 0 fully saturated rings. The highest BCUT2D eigenvalue weighted by Crippen LogP contribution is 2.21. The highest BCUT2D eigenvalue weighted by Gasteiger charge is 2.11. The highest BCUT2D eigenvalue weighted by molar-refractivity contribution is 7.80. The van der Waals surface area contributed by atoms with Crippen molar-refractivity contribution < 1.29 is 4.74 Å². The van der Waals surface area contributed by atoms with Crippen LogP contribution in [-0.4, -0.2) is 17.2 Å². The maximum Gasteiger partial charge on any atom is 0.174 e. The SMILES string of the molecule is COc1cccnc1NC(=S)N[C@@H](C)c1ccccc1C. The fourth-order valence-corrected chi connectivity index (χ4v) is 2.41. The van der Waals surface area contributed by atoms with Gasteiger partial charge in [-0.25, -0.2) is 4.98 Å². The second kappa shape index (κ2) is 7.04. The molecule has 2 aromatic rings. The molecule has 0 amide bonds. The topological polar surface area (TPSA) is 46.2 Å². The summed E-state index contributed by atoms with van der Waals surface area (Å²) in [5.74, 6) is 1.26. The monoisotopic (exact) mass is 301 g/mol. The minimum Gasteiger partial charge on any atom is -0.493 e. The molecule has 110 valence electrons. The molecule has 0 aliphatic heterocycles. The van der Waals surface area contributed by atoms with Crippen LogP contribution in [0.25, 0.3) is 0 Å². The Kier molecular flexibility index (Phi) is 5.11. The van der Waals surface area contributed by atoms with Gasteiger partial charge in [-0.15, -0.1) is 0 Å². The fraction of sp³-hybridized carbons (Fsp3) is 0.250. The van der Waals surface area contributed by atoms with Gasteiger partial charge in [0.15, 0.2) is 16.7 Å². The number of methoxy groups -OCH3 is 1. The molecule has 21 heavy (non-hydrogen) atoms. The van der Waals surface area contributed by atoms with E-state index in [9.17, 15) is 0 Å². The Bertz CT molecular complexity index is 630. The van der Waals surface area contributed by atoms with Gasteiger partial charge in [-0.2, -0.15) is 0 Å². The summed E-state index contributed by atoms with van der Waals surface area (Å²) in [6.45, 7) is 4.16. The minimum atomic E-state index is 0.112. The average Bonchev–Trinajstić information content (AvgIpc) is 2.48. The van der Waals surface area contributed by atoms with Crippen LogP contribution in [0.5, 0.6) is 5.75 Å². The second-order valence-corrected chi connectivity index (χ2v) is 5.14. The van der Waals surface area contributed by atoms with E-state index in [2.05, 4.69) is 41.6 Å². The van der Waals surface area contributed by atoms with Crippen molar-refractivity contribution in [2.24, 2.45) is 0 Å². The molecule has 1 aromatic heterocycles. The first-order valence-electron chi connectivity index (χ1n) is 6.74. The van der Waals surface area contributed by atoms with Gasteiger partial charge in [0.05, 0.1) is 13.2 Å². The Morgan fingerprint density at radius 1 is 1.24 bits per heavy atom. The summed E-state index contributed by atoms with van der Waals surface area (Å²) < 4.78 is 5.24. The lowest BCUT2D eigenvalue weighted by atomic mass is 10.0. The molecule has 0 unspecified atom stereocenters. The third-order valence-electron chi connectivity index (χ3n) is 3.23. The Morgan fingerprint density at radius 3 is 2.71 bits per heavy atom. The Labute approximate surface area is 130 Å². The van der Waals surface area contributed by atoms with Gasteiger partial charge in [0.25, 0.3) is 0 Å². The number of thiocarbonyl (C=S) groups is 1. The zero-order chi connectivity index (χ0) is 15.2. The number of nitrogens with one attached hydrogen (secondary N) is 2. The number of benzene rings is 1. The van der Waals surface area contributed by atoms with Crippen molar-refractivity contribution in [1.82, 2.24) is 10.3 Å². The quantitative estimate of drug-likeness (QED) is 0.847. The van der Waals surface area contributed by atoms with Crippen molar-refractivity contribution >= 4 is 23.1 Å². The summed E-state index contributed by atoms with van der Waals surface area (Å²) in [6, 6.07) is 12.0. The number of rotatable bonds is 4.